The van der Waals surface area contributed by atoms with Crippen LogP contribution >= 0.6 is 0 Å². The molecule has 0 aliphatic carbocycles. The molecule has 0 amide bonds. The quantitative estimate of drug-likeness (QED) is 0.808. The first-order valence-electron chi connectivity index (χ1n) is 8.30. The zero-order valence-corrected chi connectivity index (χ0v) is 14.0. The lowest BCUT2D eigenvalue weighted by Gasteiger charge is -2.18. The highest BCUT2D eigenvalue weighted by atomic mass is 19.4. The van der Waals surface area contributed by atoms with Gasteiger partial charge in [-0.05, 0) is 24.5 Å². The number of hydrogen-bond acceptors (Lipinski definition) is 3. The minimum atomic E-state index is -4.53. The van der Waals surface area contributed by atoms with Gasteiger partial charge in [0.15, 0.2) is 11.6 Å². The highest BCUT2D eigenvalue weighted by Crippen LogP contribution is 2.37. The van der Waals surface area contributed by atoms with Crippen LogP contribution in [0.4, 0.5) is 22.0 Å². The van der Waals surface area contributed by atoms with Gasteiger partial charge in [0.05, 0.1) is 6.42 Å². The Morgan fingerprint density at radius 2 is 1.96 bits per heavy atom. The molecule has 1 aliphatic heterocycles. The van der Waals surface area contributed by atoms with E-state index >= 15 is 0 Å². The number of aliphatic carboxylic acids is 1. The summed E-state index contributed by atoms with van der Waals surface area (Å²) in [6.45, 7) is -0.0791. The monoisotopic (exact) mass is 389 g/mol. The Balaban J connectivity index is 2.02. The van der Waals surface area contributed by atoms with E-state index in [1.54, 1.807) is 0 Å². The van der Waals surface area contributed by atoms with Crippen LogP contribution < -0.4 is 0 Å². The normalized spacial score (nSPS) is 20.2. The fourth-order valence-corrected chi connectivity index (χ4v) is 3.50. The molecule has 27 heavy (non-hydrogen) atoms. The molecule has 146 valence electrons. The fraction of sp³-hybridized carbons (Fsp3) is 0.471. The second-order valence-electron chi connectivity index (χ2n) is 6.59. The van der Waals surface area contributed by atoms with Crippen molar-refractivity contribution in [2.75, 3.05) is 0 Å². The lowest BCUT2D eigenvalue weighted by atomic mass is 9.90. The molecule has 2 heterocycles. The molecule has 1 aliphatic rings. The smallest absolute Gasteiger partial charge is 0.396 e. The van der Waals surface area contributed by atoms with Crippen LogP contribution in [0.15, 0.2) is 18.2 Å². The van der Waals surface area contributed by atoms with Crippen molar-refractivity contribution >= 4 is 5.97 Å². The van der Waals surface area contributed by atoms with Gasteiger partial charge in [0.25, 0.3) is 0 Å². The van der Waals surface area contributed by atoms with E-state index in [1.807, 2.05) is 0 Å². The number of hydrogen-bond donors (Lipinski definition) is 1. The van der Waals surface area contributed by atoms with Crippen molar-refractivity contribution in [3.63, 3.8) is 0 Å². The first kappa shape index (κ1) is 19.2. The summed E-state index contributed by atoms with van der Waals surface area (Å²) in [4.78, 5) is 11.1. The van der Waals surface area contributed by atoms with Crippen LogP contribution in [0, 0.1) is 11.6 Å². The van der Waals surface area contributed by atoms with Gasteiger partial charge in [-0.2, -0.15) is 13.2 Å². The van der Waals surface area contributed by atoms with E-state index < -0.39 is 42.0 Å². The van der Waals surface area contributed by atoms with E-state index in [-0.39, 0.29) is 43.0 Å². The van der Waals surface area contributed by atoms with Crippen molar-refractivity contribution in [2.24, 2.45) is 0 Å². The van der Waals surface area contributed by atoms with Crippen LogP contribution in [-0.2, 0) is 17.8 Å². The summed E-state index contributed by atoms with van der Waals surface area (Å²) in [6, 6.07) is 3.67. The average Bonchev–Trinajstić information content (AvgIpc) is 2.83. The molecule has 1 aromatic heterocycles. The maximum absolute atomic E-state index is 14.2. The van der Waals surface area contributed by atoms with Crippen LogP contribution in [-0.4, -0.2) is 32.0 Å². The van der Waals surface area contributed by atoms with Crippen LogP contribution in [0.2, 0.25) is 0 Å². The van der Waals surface area contributed by atoms with Crippen molar-refractivity contribution in [1.82, 2.24) is 14.8 Å². The zero-order chi connectivity index (χ0) is 19.8. The lowest BCUT2D eigenvalue weighted by molar-refractivity contribution is -0.137. The number of carboxylic acids is 1. The molecule has 1 N–H and O–H groups in total. The SMILES string of the molecule is O=C(O)C[C@H]1CC[C@H](c2cccc(F)c2F)Cn2c(CC(F)(F)F)nnc21. The molecule has 0 saturated heterocycles. The first-order valence-corrected chi connectivity index (χ1v) is 8.30. The van der Waals surface area contributed by atoms with Gasteiger partial charge in [-0.25, -0.2) is 8.78 Å². The molecular weight excluding hydrogens is 373 g/mol. The number of aromatic nitrogens is 3. The molecule has 0 saturated carbocycles. The third-order valence-electron chi connectivity index (χ3n) is 4.69. The van der Waals surface area contributed by atoms with Gasteiger partial charge in [0.2, 0.25) is 0 Å². The molecule has 0 fully saturated rings. The largest absolute Gasteiger partial charge is 0.481 e. The number of carbonyl (C=O) groups is 1. The van der Waals surface area contributed by atoms with Gasteiger partial charge in [0.1, 0.15) is 18.1 Å². The zero-order valence-electron chi connectivity index (χ0n) is 14.0. The van der Waals surface area contributed by atoms with E-state index in [0.29, 0.717) is 0 Å². The summed E-state index contributed by atoms with van der Waals surface area (Å²) in [5.41, 5.74) is 0.0450. The van der Waals surface area contributed by atoms with E-state index in [9.17, 15) is 26.7 Å². The second kappa shape index (κ2) is 7.24. The van der Waals surface area contributed by atoms with Gasteiger partial charge >= 0.3 is 12.1 Å². The number of nitrogens with zero attached hydrogens (tertiary/aromatic N) is 3. The Morgan fingerprint density at radius 3 is 2.63 bits per heavy atom. The standard InChI is InChI=1S/C17H16F5N3O2/c18-12-3-1-2-11(15(12)19)10-5-4-9(6-14(26)27)16-24-23-13(25(16)8-10)7-17(20,21)22/h1-3,9-10H,4-8H2,(H,26,27)/t9-,10+/m1/s1. The number of benzene rings is 1. The molecule has 0 spiro atoms. The van der Waals surface area contributed by atoms with Gasteiger partial charge in [-0.3, -0.25) is 4.79 Å². The number of alkyl halides is 3. The highest BCUT2D eigenvalue weighted by Gasteiger charge is 2.35. The molecule has 10 heteroatoms. The van der Waals surface area contributed by atoms with Crippen LogP contribution in [0.5, 0.6) is 0 Å². The lowest BCUT2D eigenvalue weighted by Crippen LogP contribution is -2.19. The third kappa shape index (κ3) is 4.25. The number of fused-ring (bicyclic) bond motifs is 1. The molecule has 0 radical (unpaired) electrons. The molecule has 3 rings (SSSR count). The number of halogens is 5. The van der Waals surface area contributed by atoms with E-state index in [0.717, 1.165) is 6.07 Å². The Morgan fingerprint density at radius 1 is 1.22 bits per heavy atom. The van der Waals surface area contributed by atoms with Crippen molar-refractivity contribution in [1.29, 1.82) is 0 Å². The summed E-state index contributed by atoms with van der Waals surface area (Å²) in [5, 5.41) is 16.5. The van der Waals surface area contributed by atoms with Crippen molar-refractivity contribution in [2.45, 2.75) is 50.2 Å². The topological polar surface area (TPSA) is 68.0 Å². The van der Waals surface area contributed by atoms with Crippen LogP contribution in [0.1, 0.15) is 48.3 Å². The summed E-state index contributed by atoms with van der Waals surface area (Å²) in [5.74, 6) is -4.72. The molecule has 0 bridgehead atoms. The molecule has 0 unspecified atom stereocenters. The fourth-order valence-electron chi connectivity index (χ4n) is 3.50. The van der Waals surface area contributed by atoms with Crippen LogP contribution in [0.3, 0.4) is 0 Å². The van der Waals surface area contributed by atoms with E-state index in [1.165, 1.54) is 16.7 Å². The Bertz CT molecular complexity index is 850. The number of carboxylic acid groups (broad SMARTS) is 1. The average molecular weight is 389 g/mol. The molecule has 5 nitrogen and oxygen atoms in total. The summed E-state index contributed by atoms with van der Waals surface area (Å²) in [6.07, 6.45) is -5.65. The minimum absolute atomic E-state index is 0.0450. The molecule has 2 aromatic rings. The van der Waals surface area contributed by atoms with Gasteiger partial charge in [-0.1, -0.05) is 12.1 Å². The molecule has 2 atom stereocenters. The van der Waals surface area contributed by atoms with Gasteiger partial charge in [0, 0.05) is 18.4 Å². The van der Waals surface area contributed by atoms with Crippen molar-refractivity contribution in [3.8, 4) is 0 Å². The third-order valence-corrected chi connectivity index (χ3v) is 4.69. The highest BCUT2D eigenvalue weighted by molar-refractivity contribution is 5.67. The molecular formula is C17H16F5N3O2. The molecule has 1 aromatic carbocycles. The Hall–Kier alpha value is -2.52. The second-order valence-corrected chi connectivity index (χ2v) is 6.59. The predicted octanol–water partition coefficient (Wildman–Crippen LogP) is 3.80. The Kier molecular flexibility index (Phi) is 5.16. The maximum Gasteiger partial charge on any atom is 0.396 e. The predicted molar refractivity (Wildman–Crippen MR) is 83.1 cm³/mol. The van der Waals surface area contributed by atoms with Crippen molar-refractivity contribution in [3.05, 3.63) is 47.0 Å². The Labute approximate surface area is 150 Å². The van der Waals surface area contributed by atoms with Gasteiger partial charge in [-0.15, -0.1) is 10.2 Å². The first-order chi connectivity index (χ1) is 12.7. The van der Waals surface area contributed by atoms with Crippen molar-refractivity contribution < 1.29 is 31.9 Å². The summed E-state index contributed by atoms with van der Waals surface area (Å²) < 4.78 is 67.6. The van der Waals surface area contributed by atoms with E-state index in [2.05, 4.69) is 10.2 Å². The minimum Gasteiger partial charge on any atom is -0.481 e. The summed E-state index contributed by atoms with van der Waals surface area (Å²) >= 11 is 0. The number of rotatable bonds is 4. The van der Waals surface area contributed by atoms with E-state index in [4.69, 9.17) is 5.11 Å². The summed E-state index contributed by atoms with van der Waals surface area (Å²) in [7, 11) is 0. The van der Waals surface area contributed by atoms with Crippen LogP contribution in [0.25, 0.3) is 0 Å². The maximum atomic E-state index is 14.2. The van der Waals surface area contributed by atoms with Gasteiger partial charge < -0.3 is 9.67 Å².